The van der Waals surface area contributed by atoms with Crippen LogP contribution in [0.15, 0.2) is 22.7 Å². The lowest BCUT2D eigenvalue weighted by molar-refractivity contribution is -0.0115. The van der Waals surface area contributed by atoms with Gasteiger partial charge in [-0.3, -0.25) is 4.79 Å². The molecule has 0 unspecified atom stereocenters. The Morgan fingerprint density at radius 2 is 1.95 bits per heavy atom. The van der Waals surface area contributed by atoms with Crippen LogP contribution < -0.4 is 15.0 Å². The predicted octanol–water partition coefficient (Wildman–Crippen LogP) is 4.32. The van der Waals surface area contributed by atoms with E-state index in [1.165, 1.54) is 0 Å². The van der Waals surface area contributed by atoms with Crippen molar-refractivity contribution in [2.24, 2.45) is 5.92 Å². The third-order valence-electron chi connectivity index (χ3n) is 7.62. The highest BCUT2D eigenvalue weighted by molar-refractivity contribution is 5.98. The molecule has 1 aliphatic rings. The standard InChI is InChI=1S/C30H47N5O6/c1-19-16-35(20(2)18-36)29(37)25-15-24(33(6)7)12-13-26(25)40-21(3)11-9-10-14-39-27(19)17-34(8)30(38)31-28-22(4)32-41-23(28)5/h12-13,15,19-21,27,36H,9-11,14,16-18H2,1-8H3,(H,31,38)/t19-,20+,21-,27+/m1/s1. The molecule has 0 bridgehead atoms. The van der Waals surface area contributed by atoms with Crippen LogP contribution in [0.5, 0.6) is 5.75 Å². The zero-order valence-corrected chi connectivity index (χ0v) is 25.8. The van der Waals surface area contributed by atoms with Crippen LogP contribution in [0.4, 0.5) is 16.2 Å². The fourth-order valence-electron chi connectivity index (χ4n) is 4.87. The average molecular weight is 574 g/mol. The van der Waals surface area contributed by atoms with Crippen molar-refractivity contribution in [2.45, 2.75) is 72.1 Å². The summed E-state index contributed by atoms with van der Waals surface area (Å²) in [4.78, 5) is 32.4. The number of likely N-dealkylation sites (N-methyl/N-ethyl adjacent to an activating group) is 1. The molecule has 11 nitrogen and oxygen atoms in total. The summed E-state index contributed by atoms with van der Waals surface area (Å²) in [5, 5.41) is 16.9. The third kappa shape index (κ3) is 8.36. The number of hydrogen-bond donors (Lipinski definition) is 2. The van der Waals surface area contributed by atoms with Gasteiger partial charge in [0.2, 0.25) is 0 Å². The second kappa shape index (κ2) is 14.5. The predicted molar refractivity (Wildman–Crippen MR) is 159 cm³/mol. The Bertz CT molecular complexity index is 1150. The highest BCUT2D eigenvalue weighted by Crippen LogP contribution is 2.29. The van der Waals surface area contributed by atoms with E-state index in [1.807, 2.05) is 58.0 Å². The third-order valence-corrected chi connectivity index (χ3v) is 7.62. The van der Waals surface area contributed by atoms with Crippen LogP contribution in [0.3, 0.4) is 0 Å². The normalized spacial score (nSPS) is 21.3. The fourth-order valence-corrected chi connectivity index (χ4v) is 4.87. The molecule has 2 heterocycles. The zero-order valence-electron chi connectivity index (χ0n) is 25.8. The summed E-state index contributed by atoms with van der Waals surface area (Å²) >= 11 is 0. The maximum atomic E-state index is 14.1. The lowest BCUT2D eigenvalue weighted by Crippen LogP contribution is -2.48. The van der Waals surface area contributed by atoms with Gasteiger partial charge in [-0.2, -0.15) is 0 Å². The number of benzene rings is 1. The summed E-state index contributed by atoms with van der Waals surface area (Å²) in [6, 6.07) is 4.90. The number of fused-ring (bicyclic) bond motifs is 1. The number of anilines is 2. The highest BCUT2D eigenvalue weighted by Gasteiger charge is 2.31. The number of nitrogens with zero attached hydrogens (tertiary/aromatic N) is 4. The van der Waals surface area contributed by atoms with Gasteiger partial charge in [0.05, 0.1) is 30.4 Å². The highest BCUT2D eigenvalue weighted by atomic mass is 16.5. The summed E-state index contributed by atoms with van der Waals surface area (Å²) in [6.45, 7) is 10.3. The van der Waals surface area contributed by atoms with E-state index in [1.54, 1.807) is 30.7 Å². The zero-order chi connectivity index (χ0) is 30.3. The molecule has 0 aliphatic carbocycles. The molecule has 0 saturated carbocycles. The Morgan fingerprint density at radius 1 is 1.22 bits per heavy atom. The molecule has 4 atom stereocenters. The molecule has 1 aliphatic heterocycles. The van der Waals surface area contributed by atoms with E-state index in [-0.39, 0.29) is 36.7 Å². The van der Waals surface area contributed by atoms with Gasteiger partial charge in [-0.15, -0.1) is 0 Å². The van der Waals surface area contributed by atoms with Gasteiger partial charge in [0.25, 0.3) is 5.91 Å². The maximum absolute atomic E-state index is 14.1. The second-order valence-corrected chi connectivity index (χ2v) is 11.4. The lowest BCUT2D eigenvalue weighted by atomic mass is 10.0. The van der Waals surface area contributed by atoms with Crippen molar-refractivity contribution in [3.05, 3.63) is 35.2 Å². The van der Waals surface area contributed by atoms with E-state index >= 15 is 0 Å². The lowest BCUT2D eigenvalue weighted by Gasteiger charge is -2.36. The Labute approximate surface area is 243 Å². The number of aryl methyl sites for hydroxylation is 2. The molecule has 3 rings (SSSR count). The Morgan fingerprint density at radius 3 is 2.59 bits per heavy atom. The van der Waals surface area contributed by atoms with Crippen molar-refractivity contribution in [1.82, 2.24) is 15.0 Å². The average Bonchev–Trinajstić information content (AvgIpc) is 3.25. The Kier molecular flexibility index (Phi) is 11.4. The van der Waals surface area contributed by atoms with Gasteiger partial charge in [-0.1, -0.05) is 12.1 Å². The quantitative estimate of drug-likeness (QED) is 0.524. The van der Waals surface area contributed by atoms with Crippen LogP contribution in [-0.4, -0.2) is 97.7 Å². The van der Waals surface area contributed by atoms with E-state index in [0.29, 0.717) is 48.2 Å². The summed E-state index contributed by atoms with van der Waals surface area (Å²) < 4.78 is 17.8. The van der Waals surface area contributed by atoms with E-state index in [0.717, 1.165) is 24.9 Å². The summed E-state index contributed by atoms with van der Waals surface area (Å²) in [5.41, 5.74) is 2.50. The molecule has 0 fully saturated rings. The van der Waals surface area contributed by atoms with Crippen molar-refractivity contribution in [3.8, 4) is 5.75 Å². The molecular formula is C30H47N5O6. The maximum Gasteiger partial charge on any atom is 0.321 e. The van der Waals surface area contributed by atoms with Crippen LogP contribution >= 0.6 is 0 Å². The first-order chi connectivity index (χ1) is 19.4. The summed E-state index contributed by atoms with van der Waals surface area (Å²) in [6.07, 6.45) is 2.11. The number of urea groups is 1. The SMILES string of the molecule is Cc1noc(C)c1NC(=O)N(C)C[C@@H]1OCCCC[C@@H](C)Oc2ccc(N(C)C)cc2C(=O)N([C@@H](C)CO)C[C@H]1C. The van der Waals surface area contributed by atoms with E-state index in [2.05, 4.69) is 10.5 Å². The van der Waals surface area contributed by atoms with Gasteiger partial charge >= 0.3 is 6.03 Å². The number of ether oxygens (including phenoxy) is 2. The smallest absolute Gasteiger partial charge is 0.321 e. The second-order valence-electron chi connectivity index (χ2n) is 11.4. The van der Waals surface area contributed by atoms with Crippen LogP contribution in [0.2, 0.25) is 0 Å². The number of aliphatic hydroxyl groups is 1. The first-order valence-corrected chi connectivity index (χ1v) is 14.4. The van der Waals surface area contributed by atoms with Gasteiger partial charge in [0.1, 0.15) is 17.1 Å². The number of carbonyl (C=O) groups excluding carboxylic acids is 2. The van der Waals surface area contributed by atoms with E-state index in [9.17, 15) is 14.7 Å². The molecule has 41 heavy (non-hydrogen) atoms. The topological polar surface area (TPSA) is 121 Å². The van der Waals surface area contributed by atoms with Crippen LogP contribution in [-0.2, 0) is 4.74 Å². The number of carbonyl (C=O) groups is 2. The summed E-state index contributed by atoms with van der Waals surface area (Å²) in [5.74, 6) is 0.710. The number of amides is 3. The van der Waals surface area contributed by atoms with E-state index in [4.69, 9.17) is 14.0 Å². The van der Waals surface area contributed by atoms with Crippen molar-refractivity contribution in [1.29, 1.82) is 0 Å². The molecule has 2 aromatic rings. The van der Waals surface area contributed by atoms with Gasteiger partial charge in [-0.05, 0) is 65.2 Å². The van der Waals surface area contributed by atoms with Gasteiger partial charge in [-0.25, -0.2) is 4.79 Å². The first kappa shape index (κ1) is 32.2. The molecular weight excluding hydrogens is 526 g/mol. The van der Waals surface area contributed by atoms with Crippen molar-refractivity contribution in [3.63, 3.8) is 0 Å². The number of rotatable bonds is 6. The number of aliphatic hydroxyl groups excluding tert-OH is 1. The molecule has 2 N–H and O–H groups in total. The minimum Gasteiger partial charge on any atom is -0.490 e. The number of aromatic nitrogens is 1. The summed E-state index contributed by atoms with van der Waals surface area (Å²) in [7, 11) is 5.57. The van der Waals surface area contributed by atoms with Gasteiger partial charge < -0.3 is 39.1 Å². The molecule has 0 spiro atoms. The number of nitrogens with one attached hydrogen (secondary N) is 1. The van der Waals surface area contributed by atoms with E-state index < -0.39 is 6.04 Å². The molecule has 0 saturated heterocycles. The minimum absolute atomic E-state index is 0.0905. The van der Waals surface area contributed by atoms with Crippen molar-refractivity contribution >= 4 is 23.3 Å². The Balaban J connectivity index is 1.89. The minimum atomic E-state index is -0.438. The molecule has 228 valence electrons. The van der Waals surface area contributed by atoms with Crippen LogP contribution in [0.1, 0.15) is 61.8 Å². The molecule has 1 aromatic heterocycles. The molecule has 3 amide bonds. The van der Waals surface area contributed by atoms with Gasteiger partial charge in [0, 0.05) is 52.4 Å². The largest absolute Gasteiger partial charge is 0.490 e. The van der Waals surface area contributed by atoms with Crippen LogP contribution in [0.25, 0.3) is 0 Å². The molecule has 1 aromatic carbocycles. The molecule has 0 radical (unpaired) electrons. The molecule has 11 heteroatoms. The van der Waals surface area contributed by atoms with Crippen molar-refractivity contribution in [2.75, 3.05) is 57.7 Å². The first-order valence-electron chi connectivity index (χ1n) is 14.4. The van der Waals surface area contributed by atoms with Crippen LogP contribution in [0, 0.1) is 19.8 Å². The number of hydrogen-bond acceptors (Lipinski definition) is 8. The monoisotopic (exact) mass is 573 g/mol. The van der Waals surface area contributed by atoms with Gasteiger partial charge in [0.15, 0.2) is 5.76 Å². The van der Waals surface area contributed by atoms with Crippen molar-refractivity contribution < 1.29 is 28.7 Å². The fraction of sp³-hybridized carbons (Fsp3) is 0.633. The Hall–Kier alpha value is -3.31.